The van der Waals surface area contributed by atoms with Gasteiger partial charge >= 0.3 is 5.88 Å². The molecule has 1 heterocycles. The van der Waals surface area contributed by atoms with Gasteiger partial charge in [0.25, 0.3) is 0 Å². The normalized spacial score (nSPS) is 11.4. The highest BCUT2D eigenvalue weighted by atomic mass is 16.6. The smallest absolute Gasteiger partial charge is 0.400 e. The molecular formula is C13H11N3O3. The van der Waals surface area contributed by atoms with Crippen molar-refractivity contribution in [2.45, 2.75) is 6.92 Å². The Balaban J connectivity index is 1.99. The van der Waals surface area contributed by atoms with Gasteiger partial charge in [-0.25, -0.2) is 0 Å². The van der Waals surface area contributed by atoms with Gasteiger partial charge in [-0.2, -0.15) is 10.2 Å². The Kier molecular flexibility index (Phi) is 3.82. The fraction of sp³-hybridized carbons (Fsp3) is 0.0769. The molecule has 0 bridgehead atoms. The van der Waals surface area contributed by atoms with E-state index in [2.05, 4.69) is 10.2 Å². The molecule has 2 rings (SSSR count). The molecule has 0 radical (unpaired) electrons. The molecule has 1 aromatic carbocycles. The maximum Gasteiger partial charge on any atom is 0.433 e. The number of nitro groups is 1. The lowest BCUT2D eigenvalue weighted by molar-refractivity contribution is -0.402. The van der Waals surface area contributed by atoms with Crippen molar-refractivity contribution in [1.29, 1.82) is 0 Å². The fourth-order valence-electron chi connectivity index (χ4n) is 1.35. The van der Waals surface area contributed by atoms with Crippen LogP contribution >= 0.6 is 0 Å². The van der Waals surface area contributed by atoms with Crippen molar-refractivity contribution < 1.29 is 9.34 Å². The number of aryl methyl sites for hydroxylation is 1. The van der Waals surface area contributed by atoms with Gasteiger partial charge in [0.1, 0.15) is 4.92 Å². The SMILES string of the molecule is Cc1ccc(/C=N/N=C/c2ccc([N+](=O)[O-])o2)cc1. The molecule has 6 nitrogen and oxygen atoms in total. The van der Waals surface area contributed by atoms with Crippen LogP contribution in [-0.2, 0) is 0 Å². The number of hydrogen-bond acceptors (Lipinski definition) is 5. The van der Waals surface area contributed by atoms with E-state index < -0.39 is 4.92 Å². The summed E-state index contributed by atoms with van der Waals surface area (Å²) in [6.07, 6.45) is 2.91. The van der Waals surface area contributed by atoms with Crippen LogP contribution in [0.3, 0.4) is 0 Å². The third-order valence-corrected chi connectivity index (χ3v) is 2.33. The Bertz CT molecular complexity index is 627. The molecule has 96 valence electrons. The van der Waals surface area contributed by atoms with E-state index in [1.165, 1.54) is 23.9 Å². The Hall–Kier alpha value is -2.76. The Labute approximate surface area is 109 Å². The number of nitrogens with zero attached hydrogens (tertiary/aromatic N) is 3. The number of furan rings is 1. The summed E-state index contributed by atoms with van der Waals surface area (Å²) >= 11 is 0. The highest BCUT2D eigenvalue weighted by Crippen LogP contribution is 2.13. The summed E-state index contributed by atoms with van der Waals surface area (Å²) in [5, 5.41) is 18.0. The monoisotopic (exact) mass is 257 g/mol. The molecule has 0 amide bonds. The van der Waals surface area contributed by atoms with Gasteiger partial charge in [-0.15, -0.1) is 0 Å². The second-order valence-electron chi connectivity index (χ2n) is 3.83. The van der Waals surface area contributed by atoms with Gasteiger partial charge in [0, 0.05) is 0 Å². The van der Waals surface area contributed by atoms with Crippen molar-refractivity contribution in [2.75, 3.05) is 0 Å². The lowest BCUT2D eigenvalue weighted by atomic mass is 10.2. The topological polar surface area (TPSA) is 81.0 Å². The van der Waals surface area contributed by atoms with Gasteiger partial charge in [0.15, 0.2) is 5.76 Å². The fourth-order valence-corrected chi connectivity index (χ4v) is 1.35. The van der Waals surface area contributed by atoms with Crippen LogP contribution < -0.4 is 0 Å². The van der Waals surface area contributed by atoms with Crippen LogP contribution in [0.1, 0.15) is 16.9 Å². The van der Waals surface area contributed by atoms with Gasteiger partial charge in [-0.1, -0.05) is 29.8 Å². The van der Waals surface area contributed by atoms with Crippen LogP contribution in [0.25, 0.3) is 0 Å². The highest BCUT2D eigenvalue weighted by Gasteiger charge is 2.09. The molecule has 19 heavy (non-hydrogen) atoms. The average Bonchev–Trinajstić information content (AvgIpc) is 2.86. The van der Waals surface area contributed by atoms with Gasteiger partial charge in [-0.05, 0) is 18.6 Å². The number of benzene rings is 1. The summed E-state index contributed by atoms with van der Waals surface area (Å²) in [5.41, 5.74) is 2.09. The highest BCUT2D eigenvalue weighted by molar-refractivity contribution is 5.81. The van der Waals surface area contributed by atoms with Crippen molar-refractivity contribution >= 4 is 18.3 Å². The van der Waals surface area contributed by atoms with E-state index in [9.17, 15) is 10.1 Å². The largest absolute Gasteiger partial charge is 0.433 e. The minimum absolute atomic E-state index is 0.285. The minimum Gasteiger partial charge on any atom is -0.400 e. The van der Waals surface area contributed by atoms with E-state index in [0.717, 1.165) is 5.56 Å². The molecule has 0 N–H and O–H groups in total. The number of rotatable bonds is 4. The lowest BCUT2D eigenvalue weighted by Crippen LogP contribution is -1.83. The van der Waals surface area contributed by atoms with Gasteiger partial charge in [0.05, 0.1) is 18.5 Å². The molecule has 1 aromatic heterocycles. The van der Waals surface area contributed by atoms with Crippen LogP contribution in [0.15, 0.2) is 51.0 Å². The van der Waals surface area contributed by atoms with E-state index in [4.69, 9.17) is 4.42 Å². The van der Waals surface area contributed by atoms with Gasteiger partial charge < -0.3 is 4.42 Å². The van der Waals surface area contributed by atoms with Crippen molar-refractivity contribution in [3.05, 3.63) is 63.4 Å². The first-order valence-electron chi connectivity index (χ1n) is 5.52. The molecule has 0 aliphatic carbocycles. The van der Waals surface area contributed by atoms with Crippen LogP contribution in [-0.4, -0.2) is 17.4 Å². The maximum atomic E-state index is 10.4. The standard InChI is InChI=1S/C13H11N3O3/c1-10-2-4-11(5-3-10)8-14-15-9-12-6-7-13(19-12)16(17)18/h2-9H,1H3/b14-8+,15-9+. The summed E-state index contributed by atoms with van der Waals surface area (Å²) in [6, 6.07) is 10.5. The Morgan fingerprint density at radius 2 is 1.79 bits per heavy atom. The maximum absolute atomic E-state index is 10.4. The third-order valence-electron chi connectivity index (χ3n) is 2.33. The third kappa shape index (κ3) is 3.60. The second-order valence-corrected chi connectivity index (χ2v) is 3.83. The summed E-state index contributed by atoms with van der Waals surface area (Å²) in [4.78, 5) is 9.79. The van der Waals surface area contributed by atoms with Gasteiger partial charge in [0.2, 0.25) is 0 Å². The zero-order valence-electron chi connectivity index (χ0n) is 10.2. The predicted molar refractivity (Wildman–Crippen MR) is 71.7 cm³/mol. The lowest BCUT2D eigenvalue weighted by Gasteiger charge is -1.91. The Morgan fingerprint density at radius 1 is 1.11 bits per heavy atom. The summed E-state index contributed by atoms with van der Waals surface area (Å²) in [6.45, 7) is 2.00. The van der Waals surface area contributed by atoms with Crippen molar-refractivity contribution in [3.63, 3.8) is 0 Å². The summed E-state index contributed by atoms with van der Waals surface area (Å²) < 4.78 is 4.89. The van der Waals surface area contributed by atoms with E-state index in [0.29, 0.717) is 0 Å². The quantitative estimate of drug-likeness (QED) is 0.479. The molecule has 0 spiro atoms. The molecule has 6 heteroatoms. The summed E-state index contributed by atoms with van der Waals surface area (Å²) in [7, 11) is 0. The molecule has 0 aliphatic rings. The average molecular weight is 257 g/mol. The zero-order valence-corrected chi connectivity index (χ0v) is 10.2. The van der Waals surface area contributed by atoms with Crippen molar-refractivity contribution in [2.24, 2.45) is 10.2 Å². The van der Waals surface area contributed by atoms with E-state index in [-0.39, 0.29) is 11.6 Å². The number of hydrogen-bond donors (Lipinski definition) is 0. The van der Waals surface area contributed by atoms with Crippen LogP contribution in [0, 0.1) is 17.0 Å². The van der Waals surface area contributed by atoms with E-state index in [1.54, 1.807) is 6.21 Å². The minimum atomic E-state index is -0.604. The molecule has 0 saturated carbocycles. The molecule has 0 saturated heterocycles. The van der Waals surface area contributed by atoms with Crippen LogP contribution in [0.4, 0.5) is 5.88 Å². The molecule has 0 unspecified atom stereocenters. The zero-order chi connectivity index (χ0) is 13.7. The van der Waals surface area contributed by atoms with E-state index >= 15 is 0 Å². The van der Waals surface area contributed by atoms with Crippen molar-refractivity contribution in [3.8, 4) is 0 Å². The predicted octanol–water partition coefficient (Wildman–Crippen LogP) is 2.95. The first kappa shape index (κ1) is 12.7. The Morgan fingerprint density at radius 3 is 2.42 bits per heavy atom. The molecule has 2 aromatic rings. The molecular weight excluding hydrogens is 246 g/mol. The van der Waals surface area contributed by atoms with Crippen molar-refractivity contribution in [1.82, 2.24) is 0 Å². The summed E-state index contributed by atoms with van der Waals surface area (Å²) in [5.74, 6) is -0.0308. The van der Waals surface area contributed by atoms with Crippen LogP contribution in [0.5, 0.6) is 0 Å². The molecule has 0 atom stereocenters. The van der Waals surface area contributed by atoms with Crippen LogP contribution in [0.2, 0.25) is 0 Å². The van der Waals surface area contributed by atoms with E-state index in [1.807, 2.05) is 31.2 Å². The van der Waals surface area contributed by atoms with Gasteiger partial charge in [-0.3, -0.25) is 10.1 Å². The molecule has 0 fully saturated rings. The first-order valence-corrected chi connectivity index (χ1v) is 5.52. The first-order chi connectivity index (χ1) is 9.15. The second kappa shape index (κ2) is 5.72. The molecule has 0 aliphatic heterocycles.